The van der Waals surface area contributed by atoms with Crippen LogP contribution in [-0.2, 0) is 14.3 Å². The standard InChI is InChI=1S/C39H54O8/c1-35-16-14-30-36(2,17-15-31(44)38(30,4)21-40)29(35)12-11-26-24(19-35)18-27(42)33-37(26,3)20-28(43)34(46)39(33,5)22-47-32(45)13-8-23-6-9-25(41)10-7-23/h6-10,13,18,26,28-31,33-34,40-41,43-44,46H,11-12,14-17,19-22H2,1-5H3. The van der Waals surface area contributed by atoms with E-state index in [0.717, 1.165) is 44.1 Å². The summed E-state index contributed by atoms with van der Waals surface area (Å²) in [6.07, 6.45) is 8.21. The average molecular weight is 651 g/mol. The van der Waals surface area contributed by atoms with Crippen LogP contribution in [0.5, 0.6) is 5.75 Å². The molecular weight excluding hydrogens is 596 g/mol. The average Bonchev–Trinajstić information content (AvgIpc) is 3.17. The smallest absolute Gasteiger partial charge is 0.330 e. The third kappa shape index (κ3) is 5.33. The minimum Gasteiger partial charge on any atom is -0.508 e. The third-order valence-electron chi connectivity index (χ3n) is 14.3. The van der Waals surface area contributed by atoms with Crippen LogP contribution in [-0.4, -0.2) is 68.8 Å². The second-order valence-electron chi connectivity index (χ2n) is 17.1. The Labute approximate surface area is 278 Å². The Bertz CT molecular complexity index is 1450. The van der Waals surface area contributed by atoms with Crippen molar-refractivity contribution >= 4 is 17.8 Å². The number of hydrogen-bond acceptors (Lipinski definition) is 8. The van der Waals surface area contributed by atoms with Crippen LogP contribution < -0.4 is 0 Å². The molecule has 0 radical (unpaired) electrons. The number of aliphatic hydroxyl groups excluding tert-OH is 4. The van der Waals surface area contributed by atoms with Crippen LogP contribution in [0.15, 0.2) is 42.0 Å². The van der Waals surface area contributed by atoms with Gasteiger partial charge in [0.25, 0.3) is 0 Å². The van der Waals surface area contributed by atoms with E-state index in [1.54, 1.807) is 25.1 Å². The van der Waals surface area contributed by atoms with Crippen LogP contribution in [0.1, 0.15) is 91.5 Å². The van der Waals surface area contributed by atoms with Crippen LogP contribution in [0.25, 0.3) is 6.08 Å². The van der Waals surface area contributed by atoms with E-state index in [-0.39, 0.29) is 53.8 Å². The molecule has 5 N–H and O–H groups in total. The van der Waals surface area contributed by atoms with Crippen molar-refractivity contribution in [1.29, 1.82) is 0 Å². The van der Waals surface area contributed by atoms with Crippen molar-refractivity contribution in [2.45, 2.75) is 104 Å². The first kappa shape index (κ1) is 34.3. The van der Waals surface area contributed by atoms with E-state index in [2.05, 4.69) is 27.7 Å². The van der Waals surface area contributed by atoms with Gasteiger partial charge in [0.15, 0.2) is 5.78 Å². The highest BCUT2D eigenvalue weighted by Crippen LogP contribution is 2.70. The van der Waals surface area contributed by atoms with E-state index in [1.165, 1.54) is 18.2 Å². The third-order valence-corrected chi connectivity index (χ3v) is 14.3. The number of ether oxygens (including phenoxy) is 1. The second kappa shape index (κ2) is 11.8. The molecule has 6 rings (SSSR count). The predicted molar refractivity (Wildman–Crippen MR) is 178 cm³/mol. The summed E-state index contributed by atoms with van der Waals surface area (Å²) < 4.78 is 5.70. The number of aliphatic hydroxyl groups is 4. The lowest BCUT2D eigenvalue weighted by atomic mass is 9.42. The van der Waals surface area contributed by atoms with Crippen LogP contribution in [0.4, 0.5) is 0 Å². The van der Waals surface area contributed by atoms with E-state index >= 15 is 0 Å². The lowest BCUT2D eigenvalue weighted by Crippen LogP contribution is -2.64. The number of ketones is 1. The summed E-state index contributed by atoms with van der Waals surface area (Å²) in [6, 6.07) is 6.39. The maximum atomic E-state index is 14.3. The van der Waals surface area contributed by atoms with Gasteiger partial charge in [0.2, 0.25) is 0 Å². The van der Waals surface area contributed by atoms with Crippen molar-refractivity contribution in [3.05, 3.63) is 47.6 Å². The van der Waals surface area contributed by atoms with Crippen molar-refractivity contribution in [3.8, 4) is 5.75 Å². The molecule has 12 atom stereocenters. The largest absolute Gasteiger partial charge is 0.508 e. The number of esters is 1. The highest BCUT2D eigenvalue weighted by Gasteiger charge is 2.67. The van der Waals surface area contributed by atoms with Gasteiger partial charge < -0.3 is 30.3 Å². The molecule has 258 valence electrons. The molecule has 0 aliphatic heterocycles. The topological polar surface area (TPSA) is 145 Å². The summed E-state index contributed by atoms with van der Waals surface area (Å²) in [6.45, 7) is 10.4. The van der Waals surface area contributed by atoms with Crippen LogP contribution in [0.3, 0.4) is 0 Å². The van der Waals surface area contributed by atoms with Crippen molar-refractivity contribution in [3.63, 3.8) is 0 Å². The number of carbonyl (C=O) groups excluding carboxylic acids is 2. The Morgan fingerprint density at radius 3 is 2.30 bits per heavy atom. The molecule has 47 heavy (non-hydrogen) atoms. The molecule has 0 aromatic heterocycles. The molecule has 0 heterocycles. The summed E-state index contributed by atoms with van der Waals surface area (Å²) in [4.78, 5) is 27.1. The summed E-state index contributed by atoms with van der Waals surface area (Å²) in [5, 5.41) is 53.9. The molecule has 1 aromatic carbocycles. The molecule has 0 spiro atoms. The van der Waals surface area contributed by atoms with Gasteiger partial charge in [-0.3, -0.25) is 4.79 Å². The Morgan fingerprint density at radius 1 is 0.915 bits per heavy atom. The molecule has 5 aliphatic rings. The highest BCUT2D eigenvalue weighted by atomic mass is 16.5. The van der Waals surface area contributed by atoms with Gasteiger partial charge >= 0.3 is 5.97 Å². The van der Waals surface area contributed by atoms with E-state index in [4.69, 9.17) is 4.74 Å². The number of carbonyl (C=O) groups is 2. The number of hydrogen-bond donors (Lipinski definition) is 5. The van der Waals surface area contributed by atoms with Gasteiger partial charge in [-0.25, -0.2) is 4.79 Å². The van der Waals surface area contributed by atoms with E-state index in [9.17, 15) is 35.1 Å². The monoisotopic (exact) mass is 650 g/mol. The summed E-state index contributed by atoms with van der Waals surface area (Å²) in [5.41, 5.74) is -0.626. The fourth-order valence-corrected chi connectivity index (χ4v) is 12.1. The summed E-state index contributed by atoms with van der Waals surface area (Å²) >= 11 is 0. The first-order chi connectivity index (χ1) is 22.0. The molecule has 0 bridgehead atoms. The van der Waals surface area contributed by atoms with Crippen molar-refractivity contribution in [2.75, 3.05) is 13.2 Å². The molecule has 8 heteroatoms. The zero-order valence-electron chi connectivity index (χ0n) is 28.6. The fourth-order valence-electron chi connectivity index (χ4n) is 12.1. The van der Waals surface area contributed by atoms with Gasteiger partial charge in [0.05, 0.1) is 24.9 Å². The molecule has 4 fully saturated rings. The lowest BCUT2D eigenvalue weighted by molar-refractivity contribution is -0.201. The summed E-state index contributed by atoms with van der Waals surface area (Å²) in [5.74, 6) is -0.628. The van der Waals surface area contributed by atoms with Crippen LogP contribution in [0, 0.1) is 50.7 Å². The first-order valence-corrected chi connectivity index (χ1v) is 17.5. The predicted octanol–water partition coefficient (Wildman–Crippen LogP) is 5.20. The van der Waals surface area contributed by atoms with Crippen LogP contribution >= 0.6 is 0 Å². The van der Waals surface area contributed by atoms with Gasteiger partial charge in [-0.05, 0) is 115 Å². The van der Waals surface area contributed by atoms with Gasteiger partial charge in [-0.1, -0.05) is 52.3 Å². The van der Waals surface area contributed by atoms with Gasteiger partial charge in [0, 0.05) is 22.8 Å². The van der Waals surface area contributed by atoms with E-state index in [0.29, 0.717) is 17.9 Å². The second-order valence-corrected chi connectivity index (χ2v) is 17.1. The molecule has 12 unspecified atom stereocenters. The van der Waals surface area contributed by atoms with Crippen molar-refractivity contribution in [2.24, 2.45) is 50.7 Å². The minimum atomic E-state index is -1.25. The molecule has 4 saturated carbocycles. The molecule has 1 aromatic rings. The number of benzene rings is 1. The number of allylic oxidation sites excluding steroid dienone is 2. The Hall–Kier alpha value is -2.52. The number of phenols is 1. The number of rotatable bonds is 5. The molecule has 8 nitrogen and oxygen atoms in total. The zero-order valence-corrected chi connectivity index (χ0v) is 28.6. The fraction of sp³-hybridized carbons (Fsp3) is 0.692. The highest BCUT2D eigenvalue weighted by molar-refractivity contribution is 5.95. The van der Waals surface area contributed by atoms with E-state index < -0.39 is 46.4 Å². The van der Waals surface area contributed by atoms with E-state index in [1.807, 2.05) is 6.08 Å². The molecule has 0 amide bonds. The number of aromatic hydroxyl groups is 1. The SMILES string of the molecule is CC12CCC3C(C)(CO)C(O)CCC3(C)C1CCC1C(=CC(=O)C3C1(C)CC(O)C(O)C3(C)COC(=O)C=Cc1ccc(O)cc1)C2. The lowest BCUT2D eigenvalue weighted by Gasteiger charge is -2.64. The summed E-state index contributed by atoms with van der Waals surface area (Å²) in [7, 11) is 0. The normalized spacial score (nSPS) is 46.4. The maximum absolute atomic E-state index is 14.3. The first-order valence-electron chi connectivity index (χ1n) is 17.5. The van der Waals surface area contributed by atoms with Gasteiger partial charge in [-0.15, -0.1) is 0 Å². The molecule has 0 saturated heterocycles. The van der Waals surface area contributed by atoms with Gasteiger partial charge in [-0.2, -0.15) is 0 Å². The Balaban J connectivity index is 1.28. The van der Waals surface area contributed by atoms with Crippen molar-refractivity contribution in [1.82, 2.24) is 0 Å². The molecule has 5 aliphatic carbocycles. The zero-order chi connectivity index (χ0) is 34.2. The molecular formula is C39H54O8. The van der Waals surface area contributed by atoms with Crippen LogP contribution in [0.2, 0.25) is 0 Å². The maximum Gasteiger partial charge on any atom is 0.330 e. The number of fused-ring (bicyclic) bond motifs is 6. The van der Waals surface area contributed by atoms with Crippen molar-refractivity contribution < 1.29 is 39.9 Å². The van der Waals surface area contributed by atoms with Gasteiger partial charge in [0.1, 0.15) is 12.4 Å². The Morgan fingerprint density at radius 2 is 1.62 bits per heavy atom. The minimum absolute atomic E-state index is 0.0275. The quantitative estimate of drug-likeness (QED) is 0.216. The Kier molecular flexibility index (Phi) is 8.64. The number of phenolic OH excluding ortho intramolecular Hbond substituents is 1.